The Labute approximate surface area is 113 Å². The highest BCUT2D eigenvalue weighted by Crippen LogP contribution is 2.25. The minimum absolute atomic E-state index is 0.974. The van der Waals surface area contributed by atoms with Gasteiger partial charge in [-0.1, -0.05) is 42.5 Å². The molecule has 94 valence electrons. The number of nitrogens with zero attached hydrogens (tertiary/aromatic N) is 1. The average Bonchev–Trinajstić information content (AvgIpc) is 2.90. The number of fused-ring (bicyclic) bond motifs is 1. The van der Waals surface area contributed by atoms with Gasteiger partial charge in [-0.05, 0) is 48.3 Å². The average molecular weight is 248 g/mol. The van der Waals surface area contributed by atoms with Gasteiger partial charge in [0.2, 0.25) is 0 Å². The number of anilines is 1. The van der Waals surface area contributed by atoms with E-state index in [1.54, 1.807) is 0 Å². The maximum atomic E-state index is 4.46. The van der Waals surface area contributed by atoms with Gasteiger partial charge < -0.3 is 0 Å². The van der Waals surface area contributed by atoms with Crippen molar-refractivity contribution in [2.75, 3.05) is 5.43 Å². The van der Waals surface area contributed by atoms with Gasteiger partial charge in [-0.2, -0.15) is 5.10 Å². The van der Waals surface area contributed by atoms with E-state index in [0.717, 1.165) is 17.8 Å². The summed E-state index contributed by atoms with van der Waals surface area (Å²) >= 11 is 0. The third-order valence-electron chi connectivity index (χ3n) is 3.36. The van der Waals surface area contributed by atoms with E-state index in [0.29, 0.717) is 0 Å². The lowest BCUT2D eigenvalue weighted by Crippen LogP contribution is -2.01. The number of hydrogen-bond acceptors (Lipinski definition) is 2. The zero-order chi connectivity index (χ0) is 13.1. The van der Waals surface area contributed by atoms with E-state index >= 15 is 0 Å². The van der Waals surface area contributed by atoms with Gasteiger partial charge in [0.15, 0.2) is 0 Å². The Morgan fingerprint density at radius 1 is 1.00 bits per heavy atom. The van der Waals surface area contributed by atoms with Crippen LogP contribution in [0.25, 0.3) is 6.08 Å². The van der Waals surface area contributed by atoms with Crippen molar-refractivity contribution in [1.82, 2.24) is 0 Å². The Bertz CT molecular complexity index is 639. The molecule has 2 nitrogen and oxygen atoms in total. The van der Waals surface area contributed by atoms with Gasteiger partial charge in [-0.3, -0.25) is 5.43 Å². The van der Waals surface area contributed by atoms with Crippen molar-refractivity contribution in [3.8, 4) is 0 Å². The number of hydrogen-bond donors (Lipinski definition) is 1. The quantitative estimate of drug-likeness (QED) is 0.641. The summed E-state index contributed by atoms with van der Waals surface area (Å²) in [6, 6.07) is 18.5. The second-order valence-electron chi connectivity index (χ2n) is 4.72. The molecule has 0 saturated heterocycles. The Balaban J connectivity index is 1.74. The molecule has 0 aliphatic heterocycles. The normalized spacial score (nSPS) is 13.9. The van der Waals surface area contributed by atoms with Crippen molar-refractivity contribution in [3.63, 3.8) is 0 Å². The lowest BCUT2D eigenvalue weighted by Gasteiger charge is -2.04. The molecule has 19 heavy (non-hydrogen) atoms. The molecule has 1 aliphatic rings. The maximum Gasteiger partial charge on any atom is 0.0611 e. The molecular weight excluding hydrogens is 232 g/mol. The van der Waals surface area contributed by atoms with Crippen LogP contribution in [0.5, 0.6) is 0 Å². The summed E-state index contributed by atoms with van der Waals surface area (Å²) in [6.07, 6.45) is 3.20. The molecule has 0 bridgehead atoms. The number of hydrazone groups is 1. The van der Waals surface area contributed by atoms with E-state index in [2.05, 4.69) is 40.9 Å². The summed E-state index contributed by atoms with van der Waals surface area (Å²) in [5.74, 6) is 0. The van der Waals surface area contributed by atoms with Crippen LogP contribution in [0.15, 0.2) is 65.3 Å². The van der Waals surface area contributed by atoms with Gasteiger partial charge in [-0.25, -0.2) is 0 Å². The lowest BCUT2D eigenvalue weighted by molar-refractivity contribution is 1.24. The Kier molecular flexibility index (Phi) is 3.15. The molecule has 0 unspecified atom stereocenters. The highest BCUT2D eigenvalue weighted by atomic mass is 15.3. The number of rotatable bonds is 3. The fraction of sp³-hybridized carbons (Fsp3) is 0.118. The molecule has 0 spiro atoms. The topological polar surface area (TPSA) is 24.4 Å². The van der Waals surface area contributed by atoms with Crippen molar-refractivity contribution in [2.45, 2.75) is 13.3 Å². The second kappa shape index (κ2) is 5.11. The highest BCUT2D eigenvalue weighted by molar-refractivity contribution is 6.04. The Morgan fingerprint density at radius 2 is 1.74 bits per heavy atom. The van der Waals surface area contributed by atoms with E-state index in [9.17, 15) is 0 Å². The van der Waals surface area contributed by atoms with Crippen LogP contribution in [-0.2, 0) is 6.42 Å². The molecule has 1 aliphatic carbocycles. The van der Waals surface area contributed by atoms with Gasteiger partial charge >= 0.3 is 0 Å². The van der Waals surface area contributed by atoms with Gasteiger partial charge in [-0.15, -0.1) is 0 Å². The van der Waals surface area contributed by atoms with E-state index in [1.165, 1.54) is 16.7 Å². The molecule has 0 heterocycles. The molecule has 0 aromatic heterocycles. The maximum absolute atomic E-state index is 4.46. The molecule has 0 fully saturated rings. The minimum atomic E-state index is 0.974. The molecule has 0 atom stereocenters. The van der Waals surface area contributed by atoms with Crippen LogP contribution >= 0.6 is 0 Å². The van der Waals surface area contributed by atoms with Crippen molar-refractivity contribution < 1.29 is 0 Å². The van der Waals surface area contributed by atoms with Gasteiger partial charge in [0.1, 0.15) is 0 Å². The number of allylic oxidation sites excluding steroid dienone is 1. The predicted molar refractivity (Wildman–Crippen MR) is 81.3 cm³/mol. The third-order valence-corrected chi connectivity index (χ3v) is 3.36. The monoisotopic (exact) mass is 248 g/mol. The predicted octanol–water partition coefficient (Wildman–Crippen LogP) is 4.11. The number of benzene rings is 2. The zero-order valence-corrected chi connectivity index (χ0v) is 10.9. The highest BCUT2D eigenvalue weighted by Gasteiger charge is 2.13. The summed E-state index contributed by atoms with van der Waals surface area (Å²) in [5, 5.41) is 4.46. The molecule has 0 saturated carbocycles. The summed E-state index contributed by atoms with van der Waals surface area (Å²) < 4.78 is 0. The molecule has 3 rings (SSSR count). The standard InChI is InChI=1S/C17H16N2/c1-13(18-19-17-9-3-2-4-10-17)16-11-14-7-5-6-8-15(14)12-16/h2-11,19H,12H2,1H3/b18-13+. The molecule has 2 aromatic rings. The molecule has 2 heteroatoms. The van der Waals surface area contributed by atoms with Gasteiger partial charge in [0.05, 0.1) is 11.4 Å². The zero-order valence-electron chi connectivity index (χ0n) is 10.9. The van der Waals surface area contributed by atoms with Crippen molar-refractivity contribution in [1.29, 1.82) is 0 Å². The molecular formula is C17H16N2. The van der Waals surface area contributed by atoms with Gasteiger partial charge in [0.25, 0.3) is 0 Å². The Morgan fingerprint density at radius 3 is 2.53 bits per heavy atom. The summed E-state index contributed by atoms with van der Waals surface area (Å²) in [4.78, 5) is 0. The smallest absolute Gasteiger partial charge is 0.0611 e. The lowest BCUT2D eigenvalue weighted by atomic mass is 10.1. The fourth-order valence-electron chi connectivity index (χ4n) is 2.25. The first-order chi connectivity index (χ1) is 9.33. The van der Waals surface area contributed by atoms with Crippen molar-refractivity contribution >= 4 is 17.5 Å². The van der Waals surface area contributed by atoms with E-state index in [-0.39, 0.29) is 0 Å². The molecule has 1 N–H and O–H groups in total. The van der Waals surface area contributed by atoms with E-state index in [1.807, 2.05) is 37.3 Å². The first-order valence-corrected chi connectivity index (χ1v) is 6.47. The van der Waals surface area contributed by atoms with Gasteiger partial charge in [0, 0.05) is 0 Å². The molecule has 0 radical (unpaired) electrons. The van der Waals surface area contributed by atoms with Crippen molar-refractivity contribution in [2.24, 2.45) is 5.10 Å². The Hall–Kier alpha value is -2.35. The largest absolute Gasteiger partial charge is 0.278 e. The molecule has 0 amide bonds. The van der Waals surface area contributed by atoms with E-state index in [4.69, 9.17) is 0 Å². The first kappa shape index (κ1) is 11.7. The fourth-order valence-corrected chi connectivity index (χ4v) is 2.25. The van der Waals surface area contributed by atoms with Crippen LogP contribution in [0.4, 0.5) is 5.69 Å². The second-order valence-corrected chi connectivity index (χ2v) is 4.72. The number of para-hydroxylation sites is 1. The summed E-state index contributed by atoms with van der Waals surface area (Å²) in [7, 11) is 0. The first-order valence-electron chi connectivity index (χ1n) is 6.47. The van der Waals surface area contributed by atoms with Crippen LogP contribution in [0, 0.1) is 0 Å². The van der Waals surface area contributed by atoms with Crippen LogP contribution in [-0.4, -0.2) is 5.71 Å². The van der Waals surface area contributed by atoms with Crippen LogP contribution < -0.4 is 5.43 Å². The SMILES string of the molecule is C/C(=N\Nc1ccccc1)C1=Cc2ccccc2C1. The van der Waals surface area contributed by atoms with E-state index < -0.39 is 0 Å². The minimum Gasteiger partial charge on any atom is -0.278 e. The van der Waals surface area contributed by atoms with Crippen LogP contribution in [0.1, 0.15) is 18.1 Å². The summed E-state index contributed by atoms with van der Waals surface area (Å²) in [5.41, 5.74) is 9.12. The number of nitrogens with one attached hydrogen (secondary N) is 1. The van der Waals surface area contributed by atoms with Crippen LogP contribution in [0.2, 0.25) is 0 Å². The molecule has 2 aromatic carbocycles. The van der Waals surface area contributed by atoms with Crippen LogP contribution in [0.3, 0.4) is 0 Å². The van der Waals surface area contributed by atoms with Crippen molar-refractivity contribution in [3.05, 3.63) is 71.3 Å². The third kappa shape index (κ3) is 2.58. The summed E-state index contributed by atoms with van der Waals surface area (Å²) in [6.45, 7) is 2.05.